The molecule has 0 atom stereocenters. The van der Waals surface area contributed by atoms with Crippen LogP contribution in [0.25, 0.3) is 6.08 Å². The van der Waals surface area contributed by atoms with Gasteiger partial charge in [-0.3, -0.25) is 14.4 Å². The zero-order chi connectivity index (χ0) is 27.9. The number of para-hydroxylation sites is 1. The van der Waals surface area contributed by atoms with Crippen molar-refractivity contribution in [1.29, 1.82) is 0 Å². The summed E-state index contributed by atoms with van der Waals surface area (Å²) in [4.78, 5) is 41.6. The monoisotopic (exact) mass is 551 g/mol. The van der Waals surface area contributed by atoms with Crippen LogP contribution in [0, 0.1) is 5.82 Å². The van der Waals surface area contributed by atoms with E-state index in [1.165, 1.54) is 35.5 Å². The van der Waals surface area contributed by atoms with E-state index in [2.05, 4.69) is 10.6 Å². The minimum absolute atomic E-state index is 0.0168. The third-order valence-corrected chi connectivity index (χ3v) is 7.35. The largest absolute Gasteiger partial charge is 0.321 e. The molecule has 0 unspecified atom stereocenters. The zero-order valence-corrected chi connectivity index (χ0v) is 22.3. The van der Waals surface area contributed by atoms with Crippen LogP contribution in [0.4, 0.5) is 15.8 Å². The van der Waals surface area contributed by atoms with Gasteiger partial charge in [-0.25, -0.2) is 4.39 Å². The number of carbonyl (C=O) groups excluding carboxylic acids is 3. The van der Waals surface area contributed by atoms with Gasteiger partial charge in [0.15, 0.2) is 0 Å². The summed E-state index contributed by atoms with van der Waals surface area (Å²) >= 11 is 1.38. The minimum atomic E-state index is -0.612. The molecule has 6 nitrogen and oxygen atoms in total. The number of nitrogens with one attached hydrogen (secondary N) is 2. The molecule has 0 bridgehead atoms. The van der Waals surface area contributed by atoms with Gasteiger partial charge in [0.05, 0.1) is 5.75 Å². The molecule has 40 heavy (non-hydrogen) atoms. The Morgan fingerprint density at radius 3 is 2.45 bits per heavy atom. The number of fused-ring (bicyclic) bond motifs is 1. The Balaban J connectivity index is 1.29. The van der Waals surface area contributed by atoms with Crippen LogP contribution in [-0.4, -0.2) is 30.0 Å². The first-order valence-corrected chi connectivity index (χ1v) is 13.7. The number of benzene rings is 4. The van der Waals surface area contributed by atoms with Gasteiger partial charge in [-0.05, 0) is 60.5 Å². The van der Waals surface area contributed by atoms with E-state index in [9.17, 15) is 18.8 Å². The molecule has 0 spiro atoms. The number of anilines is 2. The highest BCUT2D eigenvalue weighted by Crippen LogP contribution is 2.29. The van der Waals surface area contributed by atoms with Crippen LogP contribution in [-0.2, 0) is 16.0 Å². The molecule has 0 saturated heterocycles. The lowest BCUT2D eigenvalue weighted by atomic mass is 10.1. The van der Waals surface area contributed by atoms with Gasteiger partial charge >= 0.3 is 0 Å². The summed E-state index contributed by atoms with van der Waals surface area (Å²) in [6.45, 7) is 0.667. The highest BCUT2D eigenvalue weighted by atomic mass is 32.2. The lowest BCUT2D eigenvalue weighted by Gasteiger charge is -2.17. The maximum absolute atomic E-state index is 14.4. The maximum Gasteiger partial charge on any atom is 0.272 e. The van der Waals surface area contributed by atoms with Crippen molar-refractivity contribution in [3.05, 3.63) is 131 Å². The summed E-state index contributed by atoms with van der Waals surface area (Å²) in [5.74, 6) is -1.37. The van der Waals surface area contributed by atoms with E-state index >= 15 is 0 Å². The van der Waals surface area contributed by atoms with Gasteiger partial charge in [-0.1, -0.05) is 60.7 Å². The molecule has 0 fully saturated rings. The molecule has 200 valence electrons. The Kier molecular flexibility index (Phi) is 8.37. The van der Waals surface area contributed by atoms with Crippen LogP contribution >= 0.6 is 11.8 Å². The number of hydrogen-bond donors (Lipinski definition) is 2. The van der Waals surface area contributed by atoms with Gasteiger partial charge in [0.1, 0.15) is 11.5 Å². The van der Waals surface area contributed by atoms with Crippen LogP contribution in [0.3, 0.4) is 0 Å². The maximum atomic E-state index is 14.4. The van der Waals surface area contributed by atoms with Crippen molar-refractivity contribution in [2.75, 3.05) is 22.5 Å². The summed E-state index contributed by atoms with van der Waals surface area (Å²) in [7, 11) is 0. The fourth-order valence-electron chi connectivity index (χ4n) is 4.37. The van der Waals surface area contributed by atoms with E-state index in [-0.39, 0.29) is 22.9 Å². The minimum Gasteiger partial charge on any atom is -0.321 e. The van der Waals surface area contributed by atoms with Crippen LogP contribution in [0.1, 0.15) is 21.5 Å². The van der Waals surface area contributed by atoms with Crippen molar-refractivity contribution in [2.45, 2.75) is 11.3 Å². The molecule has 1 aliphatic heterocycles. The first-order chi connectivity index (χ1) is 19.5. The normalized spacial score (nSPS) is 12.5. The molecule has 3 amide bonds. The van der Waals surface area contributed by atoms with E-state index in [0.29, 0.717) is 17.8 Å². The number of halogens is 1. The molecule has 0 aromatic heterocycles. The van der Waals surface area contributed by atoms with E-state index < -0.39 is 17.6 Å². The van der Waals surface area contributed by atoms with Crippen LogP contribution in [0.15, 0.2) is 114 Å². The molecule has 8 heteroatoms. The summed E-state index contributed by atoms with van der Waals surface area (Å²) < 4.78 is 14.4. The van der Waals surface area contributed by atoms with E-state index in [1.54, 1.807) is 60.7 Å². The first kappa shape index (κ1) is 26.9. The van der Waals surface area contributed by atoms with E-state index in [1.807, 2.05) is 35.2 Å². The van der Waals surface area contributed by atoms with Crippen molar-refractivity contribution in [2.24, 2.45) is 0 Å². The predicted molar refractivity (Wildman–Crippen MR) is 157 cm³/mol. The Hall–Kier alpha value is -4.69. The second-order valence-electron chi connectivity index (χ2n) is 9.09. The standard InChI is InChI=1S/C32H26FN3O3S/c33-27-15-6-4-12-24(27)19-28(35-31(38)23-10-2-1-3-11-23)32(39)34-25-13-8-14-26(20-25)40-21-30(37)36-18-17-22-9-5-7-16-29(22)36/h1-16,19-20H,17-18,21H2,(H,34,39)(H,35,38)/b28-19-. The van der Waals surface area contributed by atoms with E-state index in [0.717, 1.165) is 17.0 Å². The Bertz CT molecular complexity index is 1590. The smallest absolute Gasteiger partial charge is 0.272 e. The molecule has 2 N–H and O–H groups in total. The van der Waals surface area contributed by atoms with Gasteiger partial charge in [0.25, 0.3) is 11.8 Å². The van der Waals surface area contributed by atoms with E-state index in [4.69, 9.17) is 0 Å². The van der Waals surface area contributed by atoms with Gasteiger partial charge < -0.3 is 15.5 Å². The SMILES string of the molecule is O=C(Nc1cccc(SCC(=O)N2CCc3ccccc32)c1)/C(=C/c1ccccc1F)NC(=O)c1ccccc1. The number of rotatable bonds is 8. The highest BCUT2D eigenvalue weighted by molar-refractivity contribution is 8.00. The molecule has 4 aromatic carbocycles. The summed E-state index contributed by atoms with van der Waals surface area (Å²) in [6.07, 6.45) is 2.15. The van der Waals surface area contributed by atoms with Gasteiger partial charge in [0.2, 0.25) is 5.91 Å². The average Bonchev–Trinajstić information content (AvgIpc) is 3.42. The van der Waals surface area contributed by atoms with Crippen molar-refractivity contribution < 1.29 is 18.8 Å². The third-order valence-electron chi connectivity index (χ3n) is 6.38. The molecular formula is C32H26FN3O3S. The second kappa shape index (κ2) is 12.4. The van der Waals surface area contributed by atoms with Crippen molar-refractivity contribution in [3.63, 3.8) is 0 Å². The Morgan fingerprint density at radius 1 is 0.875 bits per heavy atom. The fraction of sp³-hybridized carbons (Fsp3) is 0.0938. The molecule has 4 aromatic rings. The zero-order valence-electron chi connectivity index (χ0n) is 21.5. The van der Waals surface area contributed by atoms with Crippen molar-refractivity contribution in [1.82, 2.24) is 5.32 Å². The van der Waals surface area contributed by atoms with Crippen LogP contribution < -0.4 is 15.5 Å². The molecule has 0 aliphatic carbocycles. The molecule has 5 rings (SSSR count). The molecule has 0 saturated carbocycles. The highest BCUT2D eigenvalue weighted by Gasteiger charge is 2.24. The number of carbonyl (C=O) groups is 3. The van der Waals surface area contributed by atoms with Gasteiger partial charge in [-0.2, -0.15) is 0 Å². The average molecular weight is 552 g/mol. The van der Waals surface area contributed by atoms with Gasteiger partial charge in [-0.15, -0.1) is 11.8 Å². The van der Waals surface area contributed by atoms with Crippen molar-refractivity contribution >= 4 is 46.9 Å². The Morgan fingerprint density at radius 2 is 1.62 bits per heavy atom. The number of amides is 3. The fourth-order valence-corrected chi connectivity index (χ4v) is 5.20. The van der Waals surface area contributed by atoms with Crippen LogP contribution in [0.2, 0.25) is 0 Å². The lowest BCUT2D eigenvalue weighted by Crippen LogP contribution is -2.30. The Labute approximate surface area is 235 Å². The second-order valence-corrected chi connectivity index (χ2v) is 10.1. The summed E-state index contributed by atoms with van der Waals surface area (Å²) in [5.41, 5.74) is 3.01. The quantitative estimate of drug-likeness (QED) is 0.211. The summed E-state index contributed by atoms with van der Waals surface area (Å²) in [5, 5.41) is 5.39. The topological polar surface area (TPSA) is 78.5 Å². The molecule has 1 aliphatic rings. The number of thioether (sulfide) groups is 1. The summed E-state index contributed by atoms with van der Waals surface area (Å²) in [6, 6.07) is 29.5. The van der Waals surface area contributed by atoms with Crippen LogP contribution in [0.5, 0.6) is 0 Å². The number of nitrogens with zero attached hydrogens (tertiary/aromatic N) is 1. The first-order valence-electron chi connectivity index (χ1n) is 12.7. The molecular weight excluding hydrogens is 525 g/mol. The number of hydrogen-bond acceptors (Lipinski definition) is 4. The van der Waals surface area contributed by atoms with Crippen molar-refractivity contribution in [3.8, 4) is 0 Å². The van der Waals surface area contributed by atoms with Gasteiger partial charge in [0, 0.05) is 33.9 Å². The third kappa shape index (κ3) is 6.47. The molecule has 1 heterocycles. The lowest BCUT2D eigenvalue weighted by molar-refractivity contribution is -0.116. The predicted octanol–water partition coefficient (Wildman–Crippen LogP) is 5.92. The molecule has 0 radical (unpaired) electrons.